The van der Waals surface area contributed by atoms with E-state index >= 15 is 0 Å². The Labute approximate surface area is 94.1 Å². The molecule has 76 valence electrons. The zero-order valence-electron chi connectivity index (χ0n) is 8.73. The molecule has 0 spiro atoms. The van der Waals surface area contributed by atoms with Gasteiger partial charge in [-0.2, -0.15) is 0 Å². The number of nitrogens with two attached hydrogens (primary N) is 1. The third-order valence-electron chi connectivity index (χ3n) is 2.41. The normalized spacial score (nSPS) is 10.3. The summed E-state index contributed by atoms with van der Waals surface area (Å²) in [5.74, 6) is 0. The third-order valence-corrected chi connectivity index (χ3v) is 3.63. The summed E-state index contributed by atoms with van der Waals surface area (Å²) in [7, 11) is 0. The zero-order chi connectivity index (χ0) is 10.7. The molecule has 0 saturated heterocycles. The number of hydrogen-bond donors (Lipinski definition) is 1. The van der Waals surface area contributed by atoms with Crippen molar-refractivity contribution < 1.29 is 0 Å². The molecule has 0 fully saturated rings. The molecule has 1 rings (SSSR count). The van der Waals surface area contributed by atoms with Crippen LogP contribution in [0.4, 0.5) is 0 Å². The molecule has 0 aliphatic heterocycles. The van der Waals surface area contributed by atoms with Crippen LogP contribution in [-0.2, 0) is 0 Å². The molecular weight excluding hydrogens is 238 g/mol. The summed E-state index contributed by atoms with van der Waals surface area (Å²) in [6.07, 6.45) is 0.857. The van der Waals surface area contributed by atoms with Crippen molar-refractivity contribution in [1.82, 2.24) is 0 Å². The van der Waals surface area contributed by atoms with Gasteiger partial charge in [0, 0.05) is 4.47 Å². The molecule has 1 aromatic rings. The first kappa shape index (κ1) is 11.5. The molecule has 0 bridgehead atoms. The van der Waals surface area contributed by atoms with E-state index in [0.717, 1.165) is 12.0 Å². The first-order valence-corrected chi connectivity index (χ1v) is 5.51. The highest BCUT2D eigenvalue weighted by molar-refractivity contribution is 9.10. The Bertz CT molecular complexity index is 356. The minimum atomic E-state index is 0.657. The largest absolute Gasteiger partial charge is 0.330 e. The van der Waals surface area contributed by atoms with Crippen LogP contribution >= 0.6 is 15.9 Å². The quantitative estimate of drug-likeness (QED) is 0.878. The molecule has 1 nitrogen and oxygen atoms in total. The van der Waals surface area contributed by atoms with Gasteiger partial charge in [-0.1, -0.05) is 34.6 Å². The second-order valence-electron chi connectivity index (χ2n) is 3.51. The summed E-state index contributed by atoms with van der Waals surface area (Å²) in [6, 6.07) is 4.22. The monoisotopic (exact) mass is 253 g/mol. The number of rotatable bonds is 3. The topological polar surface area (TPSA) is 26.0 Å². The second kappa shape index (κ2) is 4.76. The van der Waals surface area contributed by atoms with E-state index in [1.165, 1.54) is 21.2 Å². The van der Waals surface area contributed by atoms with Crippen molar-refractivity contribution >= 4 is 21.5 Å². The molecule has 0 aliphatic carbocycles. The van der Waals surface area contributed by atoms with Crippen LogP contribution in [-0.4, -0.2) is 6.54 Å². The fourth-order valence-electron chi connectivity index (χ4n) is 1.51. The molecule has 2 N–H and O–H groups in total. The van der Waals surface area contributed by atoms with E-state index in [-0.39, 0.29) is 0 Å². The summed E-state index contributed by atoms with van der Waals surface area (Å²) in [5, 5.41) is 0. The predicted molar refractivity (Wildman–Crippen MR) is 66.3 cm³/mol. The molecular formula is C12H16BrN. The van der Waals surface area contributed by atoms with Gasteiger partial charge in [-0.05, 0) is 49.1 Å². The number of hydrogen-bond acceptors (Lipinski definition) is 1. The Morgan fingerprint density at radius 2 is 2.07 bits per heavy atom. The predicted octanol–water partition coefficient (Wildman–Crippen LogP) is 3.43. The average Bonchev–Trinajstić information content (AvgIpc) is 2.15. The highest BCUT2D eigenvalue weighted by Crippen LogP contribution is 2.28. The lowest BCUT2D eigenvalue weighted by atomic mass is 9.98. The lowest BCUT2D eigenvalue weighted by molar-refractivity contribution is 1.02. The minimum Gasteiger partial charge on any atom is -0.330 e. The van der Waals surface area contributed by atoms with Crippen LogP contribution in [0.1, 0.15) is 23.1 Å². The standard InChI is InChI=1S/C12H16BrN/c1-8(6-7-14)11-5-4-9(2)12(13)10(11)3/h4-5H,1,6-7,14H2,2-3H3. The van der Waals surface area contributed by atoms with Crippen LogP contribution in [0.2, 0.25) is 0 Å². The van der Waals surface area contributed by atoms with Gasteiger partial charge < -0.3 is 5.73 Å². The van der Waals surface area contributed by atoms with E-state index in [9.17, 15) is 0 Å². The Morgan fingerprint density at radius 1 is 1.43 bits per heavy atom. The smallest absolute Gasteiger partial charge is 0.0239 e. The molecule has 0 heterocycles. The third kappa shape index (κ3) is 2.25. The maximum Gasteiger partial charge on any atom is 0.0239 e. The Hall–Kier alpha value is -0.600. The highest BCUT2D eigenvalue weighted by Gasteiger charge is 2.06. The van der Waals surface area contributed by atoms with Crippen molar-refractivity contribution in [3.63, 3.8) is 0 Å². The number of halogens is 1. The lowest BCUT2D eigenvalue weighted by Crippen LogP contribution is -2.00. The molecule has 0 aromatic heterocycles. The van der Waals surface area contributed by atoms with Crippen LogP contribution in [0.25, 0.3) is 5.57 Å². The molecule has 0 amide bonds. The lowest BCUT2D eigenvalue weighted by Gasteiger charge is -2.11. The highest BCUT2D eigenvalue weighted by atomic mass is 79.9. The first-order valence-electron chi connectivity index (χ1n) is 4.72. The van der Waals surface area contributed by atoms with Crippen molar-refractivity contribution in [3.8, 4) is 0 Å². The molecule has 0 unspecified atom stereocenters. The van der Waals surface area contributed by atoms with Crippen LogP contribution in [0.5, 0.6) is 0 Å². The van der Waals surface area contributed by atoms with Crippen molar-refractivity contribution in [2.45, 2.75) is 20.3 Å². The average molecular weight is 254 g/mol. The summed E-state index contributed by atoms with van der Waals surface area (Å²) in [6.45, 7) is 8.90. The zero-order valence-corrected chi connectivity index (χ0v) is 10.3. The molecule has 0 radical (unpaired) electrons. The van der Waals surface area contributed by atoms with Gasteiger partial charge in [-0.15, -0.1) is 0 Å². The maximum atomic E-state index is 5.51. The maximum absolute atomic E-state index is 5.51. The van der Waals surface area contributed by atoms with Crippen LogP contribution in [0.3, 0.4) is 0 Å². The molecule has 0 atom stereocenters. The summed E-state index contributed by atoms with van der Waals surface area (Å²) in [5.41, 5.74) is 10.4. The van der Waals surface area contributed by atoms with Crippen molar-refractivity contribution in [1.29, 1.82) is 0 Å². The molecule has 14 heavy (non-hydrogen) atoms. The Morgan fingerprint density at radius 3 is 2.64 bits per heavy atom. The van der Waals surface area contributed by atoms with E-state index in [2.05, 4.69) is 48.5 Å². The minimum absolute atomic E-state index is 0.657. The second-order valence-corrected chi connectivity index (χ2v) is 4.30. The molecule has 2 heteroatoms. The van der Waals surface area contributed by atoms with Gasteiger partial charge in [0.25, 0.3) is 0 Å². The van der Waals surface area contributed by atoms with Gasteiger partial charge in [0.15, 0.2) is 0 Å². The van der Waals surface area contributed by atoms with E-state index < -0.39 is 0 Å². The fourth-order valence-corrected chi connectivity index (χ4v) is 1.86. The fraction of sp³-hybridized carbons (Fsp3) is 0.333. The molecule has 0 aliphatic rings. The van der Waals surface area contributed by atoms with Gasteiger partial charge in [-0.3, -0.25) is 0 Å². The Balaban J connectivity index is 3.11. The van der Waals surface area contributed by atoms with Crippen molar-refractivity contribution in [2.24, 2.45) is 5.73 Å². The van der Waals surface area contributed by atoms with E-state index in [1.54, 1.807) is 0 Å². The summed E-state index contributed by atoms with van der Waals surface area (Å²) < 4.78 is 1.17. The van der Waals surface area contributed by atoms with Crippen molar-refractivity contribution in [2.75, 3.05) is 6.54 Å². The molecule has 1 aromatic carbocycles. The van der Waals surface area contributed by atoms with Crippen molar-refractivity contribution in [3.05, 3.63) is 39.9 Å². The summed E-state index contributed by atoms with van der Waals surface area (Å²) in [4.78, 5) is 0. The molecule has 0 saturated carbocycles. The van der Waals surface area contributed by atoms with E-state index in [4.69, 9.17) is 5.73 Å². The van der Waals surface area contributed by atoms with Gasteiger partial charge in [0.1, 0.15) is 0 Å². The van der Waals surface area contributed by atoms with Crippen LogP contribution in [0.15, 0.2) is 23.2 Å². The van der Waals surface area contributed by atoms with E-state index in [1.807, 2.05) is 0 Å². The summed E-state index contributed by atoms with van der Waals surface area (Å²) >= 11 is 3.58. The van der Waals surface area contributed by atoms with Crippen LogP contribution in [0, 0.1) is 13.8 Å². The Kier molecular flexibility index (Phi) is 3.90. The van der Waals surface area contributed by atoms with Gasteiger partial charge >= 0.3 is 0 Å². The van der Waals surface area contributed by atoms with Gasteiger partial charge in [0.2, 0.25) is 0 Å². The number of aryl methyl sites for hydroxylation is 1. The SMILES string of the molecule is C=C(CCN)c1ccc(C)c(Br)c1C. The number of benzene rings is 1. The van der Waals surface area contributed by atoms with E-state index in [0.29, 0.717) is 6.54 Å². The van der Waals surface area contributed by atoms with Crippen LogP contribution < -0.4 is 5.73 Å². The first-order chi connectivity index (χ1) is 6.57. The van der Waals surface area contributed by atoms with Gasteiger partial charge in [-0.25, -0.2) is 0 Å². The van der Waals surface area contributed by atoms with Gasteiger partial charge in [0.05, 0.1) is 0 Å².